The molecule has 0 bridgehead atoms. The number of sulfone groups is 1. The van der Waals surface area contributed by atoms with E-state index in [2.05, 4.69) is 5.32 Å². The Morgan fingerprint density at radius 2 is 1.89 bits per heavy atom. The molecule has 1 fully saturated rings. The van der Waals surface area contributed by atoms with Crippen molar-refractivity contribution >= 4 is 9.84 Å². The highest BCUT2D eigenvalue weighted by Gasteiger charge is 2.43. The van der Waals surface area contributed by atoms with Crippen molar-refractivity contribution in [2.24, 2.45) is 0 Å². The Kier molecular flexibility index (Phi) is 3.52. The first-order chi connectivity index (χ1) is 8.36. The molecule has 1 aromatic rings. The fourth-order valence-electron chi connectivity index (χ4n) is 2.82. The standard InChI is InChI=1S/C14H21NO2S/c1-4-12-13(11-8-6-5-7-9-11)15-14(2,3)10-18(12,16)17/h5-9,12-13,15H,4,10H2,1-3H3. The van der Waals surface area contributed by atoms with E-state index < -0.39 is 9.84 Å². The Morgan fingerprint density at radius 3 is 2.44 bits per heavy atom. The van der Waals surface area contributed by atoms with E-state index in [1.807, 2.05) is 51.1 Å². The Bertz CT molecular complexity index is 508. The first-order valence-corrected chi connectivity index (χ1v) is 8.11. The van der Waals surface area contributed by atoms with Gasteiger partial charge in [-0.05, 0) is 25.8 Å². The smallest absolute Gasteiger partial charge is 0.156 e. The summed E-state index contributed by atoms with van der Waals surface area (Å²) in [6, 6.07) is 9.75. The average Bonchev–Trinajstić information content (AvgIpc) is 2.27. The monoisotopic (exact) mass is 267 g/mol. The number of hydrogen-bond acceptors (Lipinski definition) is 3. The molecule has 18 heavy (non-hydrogen) atoms. The zero-order valence-electron chi connectivity index (χ0n) is 11.2. The van der Waals surface area contributed by atoms with Crippen LogP contribution in [0, 0.1) is 0 Å². The molecule has 2 unspecified atom stereocenters. The van der Waals surface area contributed by atoms with Crippen molar-refractivity contribution in [3.63, 3.8) is 0 Å². The van der Waals surface area contributed by atoms with Crippen molar-refractivity contribution in [2.75, 3.05) is 5.75 Å². The maximum atomic E-state index is 12.4. The van der Waals surface area contributed by atoms with Gasteiger partial charge in [-0.15, -0.1) is 0 Å². The van der Waals surface area contributed by atoms with Crippen LogP contribution in [-0.2, 0) is 9.84 Å². The van der Waals surface area contributed by atoms with E-state index in [1.165, 1.54) is 0 Å². The zero-order valence-corrected chi connectivity index (χ0v) is 12.0. The third-order valence-corrected chi connectivity index (χ3v) is 6.15. The van der Waals surface area contributed by atoms with Crippen molar-refractivity contribution in [1.82, 2.24) is 5.32 Å². The second kappa shape index (κ2) is 4.67. The van der Waals surface area contributed by atoms with Crippen LogP contribution in [0.5, 0.6) is 0 Å². The Balaban J connectivity index is 2.43. The molecule has 2 rings (SSSR count). The average molecular weight is 267 g/mol. The van der Waals surface area contributed by atoms with E-state index in [1.54, 1.807) is 0 Å². The van der Waals surface area contributed by atoms with Crippen LogP contribution >= 0.6 is 0 Å². The van der Waals surface area contributed by atoms with Gasteiger partial charge in [0.2, 0.25) is 0 Å². The topological polar surface area (TPSA) is 46.2 Å². The summed E-state index contributed by atoms with van der Waals surface area (Å²) in [6.45, 7) is 5.84. The molecule has 1 aromatic carbocycles. The number of nitrogens with one attached hydrogen (secondary N) is 1. The summed E-state index contributed by atoms with van der Waals surface area (Å²) in [6.07, 6.45) is 0.644. The van der Waals surface area contributed by atoms with E-state index in [0.29, 0.717) is 6.42 Å². The Hall–Kier alpha value is -0.870. The molecule has 3 nitrogen and oxygen atoms in total. The largest absolute Gasteiger partial charge is 0.303 e. The molecule has 1 aliphatic rings. The van der Waals surface area contributed by atoms with Crippen LogP contribution in [0.2, 0.25) is 0 Å². The van der Waals surface area contributed by atoms with Gasteiger partial charge in [-0.1, -0.05) is 37.3 Å². The minimum atomic E-state index is -3.04. The lowest BCUT2D eigenvalue weighted by Crippen LogP contribution is -2.58. The van der Waals surface area contributed by atoms with Crippen LogP contribution in [0.25, 0.3) is 0 Å². The molecule has 0 amide bonds. The van der Waals surface area contributed by atoms with Gasteiger partial charge in [-0.25, -0.2) is 8.42 Å². The highest BCUT2D eigenvalue weighted by molar-refractivity contribution is 7.92. The van der Waals surface area contributed by atoms with Gasteiger partial charge in [0.15, 0.2) is 9.84 Å². The van der Waals surface area contributed by atoms with Gasteiger partial charge >= 0.3 is 0 Å². The van der Waals surface area contributed by atoms with E-state index in [4.69, 9.17) is 0 Å². The summed E-state index contributed by atoms with van der Waals surface area (Å²) in [5, 5.41) is 3.16. The highest BCUT2D eigenvalue weighted by atomic mass is 32.2. The number of hydrogen-bond donors (Lipinski definition) is 1. The van der Waals surface area contributed by atoms with Crippen LogP contribution in [-0.4, -0.2) is 25.0 Å². The van der Waals surface area contributed by atoms with Crippen molar-refractivity contribution in [2.45, 2.75) is 44.0 Å². The maximum Gasteiger partial charge on any atom is 0.156 e. The summed E-state index contributed by atoms with van der Waals surface area (Å²) < 4.78 is 24.7. The molecular formula is C14H21NO2S. The summed E-state index contributed by atoms with van der Waals surface area (Å²) in [4.78, 5) is 0. The molecule has 1 aliphatic heterocycles. The lowest BCUT2D eigenvalue weighted by molar-refractivity contribution is 0.325. The predicted molar refractivity (Wildman–Crippen MR) is 74.3 cm³/mol. The SMILES string of the molecule is CCC1C(c2ccccc2)NC(C)(C)CS1(=O)=O. The van der Waals surface area contributed by atoms with E-state index in [9.17, 15) is 8.42 Å². The van der Waals surface area contributed by atoms with Crippen LogP contribution in [0.4, 0.5) is 0 Å². The lowest BCUT2D eigenvalue weighted by Gasteiger charge is -2.41. The summed E-state index contributed by atoms with van der Waals surface area (Å²) in [5.74, 6) is 0.210. The van der Waals surface area contributed by atoms with Crippen molar-refractivity contribution in [1.29, 1.82) is 0 Å². The highest BCUT2D eigenvalue weighted by Crippen LogP contribution is 2.33. The molecule has 0 spiro atoms. The van der Waals surface area contributed by atoms with E-state index >= 15 is 0 Å². The van der Waals surface area contributed by atoms with Crippen molar-refractivity contribution < 1.29 is 8.42 Å². The van der Waals surface area contributed by atoms with Crippen LogP contribution in [0.1, 0.15) is 38.8 Å². The normalized spacial score (nSPS) is 29.9. The molecule has 0 saturated carbocycles. The molecule has 1 heterocycles. The van der Waals surface area contributed by atoms with Crippen molar-refractivity contribution in [3.8, 4) is 0 Å². The van der Waals surface area contributed by atoms with Gasteiger partial charge < -0.3 is 5.32 Å². The molecule has 4 heteroatoms. The third-order valence-electron chi connectivity index (χ3n) is 3.50. The van der Waals surface area contributed by atoms with E-state index in [-0.39, 0.29) is 22.6 Å². The van der Waals surface area contributed by atoms with Crippen LogP contribution in [0.15, 0.2) is 30.3 Å². The quantitative estimate of drug-likeness (QED) is 0.894. The molecule has 0 aliphatic carbocycles. The first-order valence-electron chi connectivity index (χ1n) is 6.40. The molecule has 100 valence electrons. The van der Waals surface area contributed by atoms with Gasteiger partial charge in [-0.2, -0.15) is 0 Å². The molecule has 1 saturated heterocycles. The lowest BCUT2D eigenvalue weighted by atomic mass is 9.97. The number of benzene rings is 1. The first kappa shape index (κ1) is 13.6. The predicted octanol–water partition coefficient (Wildman–Crippen LogP) is 2.30. The van der Waals surface area contributed by atoms with Crippen molar-refractivity contribution in [3.05, 3.63) is 35.9 Å². The summed E-state index contributed by atoms with van der Waals surface area (Å²) in [7, 11) is -3.04. The van der Waals surface area contributed by atoms with Gasteiger partial charge in [0.1, 0.15) is 0 Å². The third kappa shape index (κ3) is 2.59. The van der Waals surface area contributed by atoms with Gasteiger partial charge in [0.05, 0.1) is 11.0 Å². The zero-order chi connectivity index (χ0) is 13.4. The minimum absolute atomic E-state index is 0.107. The Morgan fingerprint density at radius 1 is 1.28 bits per heavy atom. The molecule has 1 N–H and O–H groups in total. The van der Waals surface area contributed by atoms with Gasteiger partial charge in [0, 0.05) is 11.6 Å². The number of rotatable bonds is 2. The summed E-state index contributed by atoms with van der Waals surface area (Å²) >= 11 is 0. The molecular weight excluding hydrogens is 246 g/mol. The molecule has 0 aromatic heterocycles. The maximum absolute atomic E-state index is 12.4. The van der Waals surface area contributed by atoms with E-state index in [0.717, 1.165) is 5.56 Å². The second-order valence-corrected chi connectivity index (χ2v) is 7.89. The second-order valence-electron chi connectivity index (χ2n) is 5.67. The molecule has 0 radical (unpaired) electrons. The summed E-state index contributed by atoms with van der Waals surface area (Å²) in [5.41, 5.74) is 0.686. The molecule has 2 atom stereocenters. The van der Waals surface area contributed by atoms with Crippen LogP contribution < -0.4 is 5.32 Å². The fraction of sp³-hybridized carbons (Fsp3) is 0.571. The van der Waals surface area contributed by atoms with Crippen LogP contribution in [0.3, 0.4) is 0 Å². The fourth-order valence-corrected chi connectivity index (χ4v) is 5.27. The van der Waals surface area contributed by atoms with Gasteiger partial charge in [0.25, 0.3) is 0 Å². The Labute approximate surface area is 110 Å². The van der Waals surface area contributed by atoms with Gasteiger partial charge in [-0.3, -0.25) is 0 Å². The minimum Gasteiger partial charge on any atom is -0.303 e.